The number of ether oxygens (including phenoxy) is 1. The molecule has 0 aliphatic rings. The van der Waals surface area contributed by atoms with Gasteiger partial charge in [0.15, 0.2) is 0 Å². The normalized spacial score (nSPS) is 10.5. The van der Waals surface area contributed by atoms with E-state index in [1.165, 1.54) is 0 Å². The van der Waals surface area contributed by atoms with Crippen LogP contribution in [0.15, 0.2) is 22.6 Å². The first-order chi connectivity index (χ1) is 8.15. The third kappa shape index (κ3) is 2.22. The number of rotatable bonds is 3. The Balaban J connectivity index is 2.52. The molecule has 0 aliphatic heterocycles. The second-order valence-corrected chi connectivity index (χ2v) is 3.93. The van der Waals surface area contributed by atoms with Gasteiger partial charge in [-0.1, -0.05) is 18.5 Å². The standard InChI is InChI=1S/C12H13ClN2O2/c1-3-10-11(15-12(14)17-10)8-5-4-7(16-2)6-9(8)13/h4-6H,3H2,1-2H3,(H2,14,15). The minimum Gasteiger partial charge on any atom is -0.497 e. The highest BCUT2D eigenvalue weighted by molar-refractivity contribution is 6.33. The van der Waals surface area contributed by atoms with Crippen LogP contribution in [0.4, 0.5) is 6.01 Å². The fraction of sp³-hybridized carbons (Fsp3) is 0.250. The molecule has 2 N–H and O–H groups in total. The summed E-state index contributed by atoms with van der Waals surface area (Å²) in [7, 11) is 1.59. The van der Waals surface area contributed by atoms with Gasteiger partial charge in [-0.25, -0.2) is 0 Å². The average molecular weight is 253 g/mol. The third-order valence-electron chi connectivity index (χ3n) is 2.47. The maximum absolute atomic E-state index is 6.18. The van der Waals surface area contributed by atoms with Crippen LogP contribution >= 0.6 is 11.6 Å². The van der Waals surface area contributed by atoms with Crippen LogP contribution in [-0.2, 0) is 6.42 Å². The van der Waals surface area contributed by atoms with Crippen molar-refractivity contribution in [3.63, 3.8) is 0 Å². The highest BCUT2D eigenvalue weighted by atomic mass is 35.5. The van der Waals surface area contributed by atoms with Crippen LogP contribution in [0.3, 0.4) is 0 Å². The highest BCUT2D eigenvalue weighted by Gasteiger charge is 2.15. The quantitative estimate of drug-likeness (QED) is 0.912. The average Bonchev–Trinajstić information content (AvgIpc) is 2.70. The molecule has 1 aromatic heterocycles. The van der Waals surface area contributed by atoms with Crippen molar-refractivity contribution in [2.45, 2.75) is 13.3 Å². The predicted octanol–water partition coefficient (Wildman–Crippen LogP) is 3.15. The molecule has 0 aliphatic carbocycles. The fourth-order valence-electron chi connectivity index (χ4n) is 1.63. The van der Waals surface area contributed by atoms with Gasteiger partial charge >= 0.3 is 0 Å². The molecule has 17 heavy (non-hydrogen) atoms. The first kappa shape index (κ1) is 11.8. The molecule has 0 atom stereocenters. The summed E-state index contributed by atoms with van der Waals surface area (Å²) in [4.78, 5) is 4.15. The van der Waals surface area contributed by atoms with Crippen molar-refractivity contribution < 1.29 is 9.15 Å². The number of hydrogen-bond acceptors (Lipinski definition) is 4. The van der Waals surface area contributed by atoms with Crippen LogP contribution in [0.2, 0.25) is 5.02 Å². The summed E-state index contributed by atoms with van der Waals surface area (Å²) < 4.78 is 10.4. The van der Waals surface area contributed by atoms with E-state index in [1.807, 2.05) is 19.1 Å². The molecule has 0 radical (unpaired) electrons. The number of oxazole rings is 1. The smallest absolute Gasteiger partial charge is 0.292 e. The molecule has 0 bridgehead atoms. The van der Waals surface area contributed by atoms with Gasteiger partial charge in [0.05, 0.1) is 12.1 Å². The van der Waals surface area contributed by atoms with E-state index >= 15 is 0 Å². The zero-order valence-corrected chi connectivity index (χ0v) is 10.4. The van der Waals surface area contributed by atoms with Gasteiger partial charge in [0.1, 0.15) is 17.2 Å². The maximum atomic E-state index is 6.18. The van der Waals surface area contributed by atoms with Crippen molar-refractivity contribution in [2.24, 2.45) is 0 Å². The van der Waals surface area contributed by atoms with Crippen LogP contribution in [0, 0.1) is 0 Å². The summed E-state index contributed by atoms with van der Waals surface area (Å²) in [5.41, 5.74) is 7.04. The molecule has 0 spiro atoms. The lowest BCUT2D eigenvalue weighted by Gasteiger charge is -2.05. The van der Waals surface area contributed by atoms with Crippen molar-refractivity contribution >= 4 is 17.6 Å². The van der Waals surface area contributed by atoms with Crippen LogP contribution in [0.1, 0.15) is 12.7 Å². The lowest BCUT2D eigenvalue weighted by atomic mass is 10.1. The first-order valence-electron chi connectivity index (χ1n) is 5.24. The van der Waals surface area contributed by atoms with E-state index in [1.54, 1.807) is 13.2 Å². The van der Waals surface area contributed by atoms with Gasteiger partial charge in [-0.2, -0.15) is 4.98 Å². The molecule has 1 heterocycles. The number of aromatic nitrogens is 1. The Kier molecular flexibility index (Phi) is 3.24. The summed E-state index contributed by atoms with van der Waals surface area (Å²) >= 11 is 6.18. The number of nitrogen functional groups attached to an aromatic ring is 1. The van der Waals surface area contributed by atoms with Crippen molar-refractivity contribution in [1.29, 1.82) is 0 Å². The zero-order chi connectivity index (χ0) is 12.4. The molecule has 5 heteroatoms. The largest absolute Gasteiger partial charge is 0.497 e. The summed E-state index contributed by atoms with van der Waals surface area (Å²) in [6.07, 6.45) is 0.710. The van der Waals surface area contributed by atoms with Crippen molar-refractivity contribution in [3.05, 3.63) is 29.0 Å². The van der Waals surface area contributed by atoms with E-state index in [9.17, 15) is 0 Å². The van der Waals surface area contributed by atoms with Crippen LogP contribution in [-0.4, -0.2) is 12.1 Å². The van der Waals surface area contributed by atoms with Gasteiger partial charge in [0.2, 0.25) is 0 Å². The molecule has 0 fully saturated rings. The number of nitrogens with two attached hydrogens (primary N) is 1. The summed E-state index contributed by atoms with van der Waals surface area (Å²) in [5, 5.41) is 0.562. The molecule has 2 aromatic rings. The first-order valence-corrected chi connectivity index (χ1v) is 5.62. The Bertz CT molecular complexity index is 537. The maximum Gasteiger partial charge on any atom is 0.292 e. The number of aryl methyl sites for hydroxylation is 1. The Morgan fingerprint density at radius 2 is 2.24 bits per heavy atom. The second kappa shape index (κ2) is 4.67. The minimum atomic E-state index is 0.156. The van der Waals surface area contributed by atoms with Crippen molar-refractivity contribution in [1.82, 2.24) is 4.98 Å². The van der Waals surface area contributed by atoms with Crippen LogP contribution in [0.5, 0.6) is 5.75 Å². The molecule has 0 saturated heterocycles. The van der Waals surface area contributed by atoms with Gasteiger partial charge in [-0.3, -0.25) is 0 Å². The van der Waals surface area contributed by atoms with E-state index in [2.05, 4.69) is 4.98 Å². The summed E-state index contributed by atoms with van der Waals surface area (Å²) in [6, 6.07) is 5.56. The van der Waals surface area contributed by atoms with Gasteiger partial charge in [-0.05, 0) is 18.2 Å². The Labute approximate surface area is 104 Å². The van der Waals surface area contributed by atoms with Crippen LogP contribution < -0.4 is 10.5 Å². The number of halogens is 1. The Morgan fingerprint density at radius 3 is 2.82 bits per heavy atom. The highest BCUT2D eigenvalue weighted by Crippen LogP contribution is 2.33. The van der Waals surface area contributed by atoms with Gasteiger partial charge in [0.25, 0.3) is 6.01 Å². The van der Waals surface area contributed by atoms with Gasteiger partial charge < -0.3 is 14.9 Å². The number of anilines is 1. The van der Waals surface area contributed by atoms with Gasteiger partial charge in [-0.15, -0.1) is 0 Å². The number of benzene rings is 1. The minimum absolute atomic E-state index is 0.156. The Hall–Kier alpha value is -1.68. The number of methoxy groups -OCH3 is 1. The topological polar surface area (TPSA) is 61.3 Å². The number of hydrogen-bond donors (Lipinski definition) is 1. The van der Waals surface area contributed by atoms with Crippen molar-refractivity contribution in [2.75, 3.05) is 12.8 Å². The van der Waals surface area contributed by atoms with E-state index in [0.717, 1.165) is 11.3 Å². The van der Waals surface area contributed by atoms with E-state index < -0.39 is 0 Å². The molecular weight excluding hydrogens is 240 g/mol. The predicted molar refractivity (Wildman–Crippen MR) is 67.3 cm³/mol. The molecule has 4 nitrogen and oxygen atoms in total. The Morgan fingerprint density at radius 1 is 1.47 bits per heavy atom. The number of nitrogens with zero attached hydrogens (tertiary/aromatic N) is 1. The molecule has 2 rings (SSSR count). The fourth-order valence-corrected chi connectivity index (χ4v) is 1.89. The third-order valence-corrected chi connectivity index (χ3v) is 2.78. The molecule has 90 valence electrons. The lowest BCUT2D eigenvalue weighted by molar-refractivity contribution is 0.415. The van der Waals surface area contributed by atoms with Crippen molar-refractivity contribution in [3.8, 4) is 17.0 Å². The van der Waals surface area contributed by atoms with E-state index in [0.29, 0.717) is 22.9 Å². The summed E-state index contributed by atoms with van der Waals surface area (Å²) in [5.74, 6) is 1.43. The van der Waals surface area contributed by atoms with Crippen LogP contribution in [0.25, 0.3) is 11.3 Å². The molecule has 0 saturated carbocycles. The SMILES string of the molecule is CCc1oc(N)nc1-c1ccc(OC)cc1Cl. The molecular formula is C12H13ClN2O2. The van der Waals surface area contributed by atoms with E-state index in [-0.39, 0.29) is 6.01 Å². The lowest BCUT2D eigenvalue weighted by Crippen LogP contribution is -1.88. The van der Waals surface area contributed by atoms with E-state index in [4.69, 9.17) is 26.5 Å². The second-order valence-electron chi connectivity index (χ2n) is 3.52. The van der Waals surface area contributed by atoms with Gasteiger partial charge in [0, 0.05) is 12.0 Å². The zero-order valence-electron chi connectivity index (χ0n) is 9.66. The summed E-state index contributed by atoms with van der Waals surface area (Å²) in [6.45, 7) is 1.97. The molecule has 1 aromatic carbocycles. The molecule has 0 amide bonds. The molecule has 0 unspecified atom stereocenters. The monoisotopic (exact) mass is 252 g/mol.